The highest BCUT2D eigenvalue weighted by Gasteiger charge is 2.21. The summed E-state index contributed by atoms with van der Waals surface area (Å²) in [6, 6.07) is 6.16. The summed E-state index contributed by atoms with van der Waals surface area (Å²) in [5.74, 6) is 0.964. The predicted octanol–water partition coefficient (Wildman–Crippen LogP) is 2.55. The van der Waals surface area contributed by atoms with Crippen LogP contribution in [0, 0.1) is 5.92 Å². The zero-order valence-electron chi connectivity index (χ0n) is 11.6. The van der Waals surface area contributed by atoms with Crippen molar-refractivity contribution in [2.45, 2.75) is 39.3 Å². The second-order valence-corrected chi connectivity index (χ2v) is 5.92. The molecule has 1 unspecified atom stereocenters. The Bertz CT molecular complexity index is 484. The van der Waals surface area contributed by atoms with E-state index in [1.165, 1.54) is 17.5 Å². The molecule has 2 aliphatic rings. The molecule has 3 heteroatoms. The van der Waals surface area contributed by atoms with Gasteiger partial charge in [-0.3, -0.25) is 4.79 Å². The Morgan fingerprint density at radius 3 is 2.95 bits per heavy atom. The molecule has 1 atom stereocenters. The molecule has 1 fully saturated rings. The molecule has 19 heavy (non-hydrogen) atoms. The van der Waals surface area contributed by atoms with E-state index in [-0.39, 0.29) is 5.91 Å². The molecule has 102 valence electrons. The Morgan fingerprint density at radius 2 is 2.05 bits per heavy atom. The molecule has 2 heterocycles. The number of amides is 1. The lowest BCUT2D eigenvalue weighted by Gasteiger charge is -2.20. The molecule has 1 aromatic rings. The highest BCUT2D eigenvalue weighted by molar-refractivity contribution is 5.94. The van der Waals surface area contributed by atoms with Gasteiger partial charge in [0, 0.05) is 31.7 Å². The highest BCUT2D eigenvalue weighted by atomic mass is 16.2. The molecule has 3 rings (SSSR count). The quantitative estimate of drug-likeness (QED) is 0.839. The van der Waals surface area contributed by atoms with Crippen molar-refractivity contribution in [3.05, 3.63) is 34.9 Å². The van der Waals surface area contributed by atoms with Gasteiger partial charge in [-0.2, -0.15) is 0 Å². The van der Waals surface area contributed by atoms with Gasteiger partial charge in [0.2, 0.25) is 0 Å². The number of benzene rings is 1. The summed E-state index contributed by atoms with van der Waals surface area (Å²) in [4.78, 5) is 14.6. The molecule has 0 radical (unpaired) electrons. The molecular weight excluding hydrogens is 236 g/mol. The molecule has 0 aliphatic carbocycles. The Hall–Kier alpha value is -1.35. The predicted molar refractivity (Wildman–Crippen MR) is 75.9 cm³/mol. The fraction of sp³-hybridized carbons (Fsp3) is 0.562. The van der Waals surface area contributed by atoms with E-state index in [1.54, 1.807) is 0 Å². The van der Waals surface area contributed by atoms with Crippen LogP contribution in [0.4, 0.5) is 0 Å². The topological polar surface area (TPSA) is 32.3 Å². The molecular formula is C16H22N2O. The number of hydrogen-bond donors (Lipinski definition) is 1. The third-order valence-electron chi connectivity index (χ3n) is 4.39. The van der Waals surface area contributed by atoms with Crippen LogP contribution in [0.5, 0.6) is 0 Å². The number of likely N-dealkylation sites (tertiary alicyclic amines) is 1. The van der Waals surface area contributed by atoms with E-state index >= 15 is 0 Å². The van der Waals surface area contributed by atoms with Crippen molar-refractivity contribution in [1.29, 1.82) is 0 Å². The number of hydrogen-bond acceptors (Lipinski definition) is 2. The van der Waals surface area contributed by atoms with Crippen LogP contribution >= 0.6 is 0 Å². The van der Waals surface area contributed by atoms with Gasteiger partial charge in [-0.1, -0.05) is 13.0 Å². The number of carbonyl (C=O) groups is 1. The average molecular weight is 258 g/mol. The average Bonchev–Trinajstić information content (AvgIpc) is 2.78. The van der Waals surface area contributed by atoms with Crippen molar-refractivity contribution in [1.82, 2.24) is 10.2 Å². The first-order chi connectivity index (χ1) is 9.24. The van der Waals surface area contributed by atoms with Crippen LogP contribution in [0.3, 0.4) is 0 Å². The monoisotopic (exact) mass is 258 g/mol. The lowest BCUT2D eigenvalue weighted by atomic mass is 10.0. The van der Waals surface area contributed by atoms with Gasteiger partial charge in [0.25, 0.3) is 5.91 Å². The lowest BCUT2D eigenvalue weighted by molar-refractivity contribution is 0.0760. The van der Waals surface area contributed by atoms with Gasteiger partial charge in [-0.25, -0.2) is 0 Å². The van der Waals surface area contributed by atoms with Crippen molar-refractivity contribution in [2.75, 3.05) is 13.1 Å². The summed E-state index contributed by atoms with van der Waals surface area (Å²) in [5.41, 5.74) is 3.48. The number of rotatable bonds is 1. The van der Waals surface area contributed by atoms with E-state index in [1.807, 2.05) is 11.0 Å². The van der Waals surface area contributed by atoms with Crippen LogP contribution in [0.1, 0.15) is 47.7 Å². The molecule has 3 nitrogen and oxygen atoms in total. The van der Waals surface area contributed by atoms with Gasteiger partial charge < -0.3 is 10.2 Å². The fourth-order valence-electron chi connectivity index (χ4n) is 3.08. The number of carbonyl (C=O) groups excluding carboxylic acids is 1. The van der Waals surface area contributed by atoms with E-state index in [0.717, 1.165) is 50.5 Å². The third-order valence-corrected chi connectivity index (χ3v) is 4.39. The Morgan fingerprint density at radius 1 is 1.21 bits per heavy atom. The first-order valence-corrected chi connectivity index (χ1v) is 7.36. The molecule has 0 bridgehead atoms. The Labute approximate surface area is 115 Å². The smallest absolute Gasteiger partial charge is 0.253 e. The summed E-state index contributed by atoms with van der Waals surface area (Å²) < 4.78 is 0. The summed E-state index contributed by atoms with van der Waals surface area (Å²) in [5, 5.41) is 3.32. The SMILES string of the molecule is CC1CCCN(C(=O)c2ccc3c(c2)CNC3)CC1. The van der Waals surface area contributed by atoms with E-state index in [9.17, 15) is 4.79 Å². The summed E-state index contributed by atoms with van der Waals surface area (Å²) in [6.45, 7) is 5.95. The molecule has 1 N–H and O–H groups in total. The fourth-order valence-corrected chi connectivity index (χ4v) is 3.08. The molecule has 0 saturated carbocycles. The third kappa shape index (κ3) is 2.66. The second-order valence-electron chi connectivity index (χ2n) is 5.92. The summed E-state index contributed by atoms with van der Waals surface area (Å²) >= 11 is 0. The standard InChI is InChI=1S/C16H22N2O/c1-12-3-2-7-18(8-6-12)16(19)13-4-5-14-10-17-11-15(14)9-13/h4-5,9,12,17H,2-3,6-8,10-11H2,1H3. The maximum atomic E-state index is 12.6. The van der Waals surface area contributed by atoms with Crippen LogP contribution < -0.4 is 5.32 Å². The minimum Gasteiger partial charge on any atom is -0.339 e. The molecule has 0 spiro atoms. The van der Waals surface area contributed by atoms with Gasteiger partial charge in [-0.15, -0.1) is 0 Å². The van der Waals surface area contributed by atoms with Crippen LogP contribution in [0.25, 0.3) is 0 Å². The number of nitrogens with one attached hydrogen (secondary N) is 1. The zero-order valence-corrected chi connectivity index (χ0v) is 11.6. The van der Waals surface area contributed by atoms with Crippen LogP contribution in [0.2, 0.25) is 0 Å². The van der Waals surface area contributed by atoms with Gasteiger partial charge in [0.05, 0.1) is 0 Å². The van der Waals surface area contributed by atoms with E-state index in [2.05, 4.69) is 24.4 Å². The van der Waals surface area contributed by atoms with Crippen molar-refractivity contribution >= 4 is 5.91 Å². The molecule has 0 aromatic heterocycles. The van der Waals surface area contributed by atoms with Gasteiger partial charge in [-0.05, 0) is 48.4 Å². The normalized spacial score (nSPS) is 23.0. The zero-order chi connectivity index (χ0) is 13.2. The van der Waals surface area contributed by atoms with Gasteiger partial charge in [0.1, 0.15) is 0 Å². The Balaban J connectivity index is 1.76. The highest BCUT2D eigenvalue weighted by Crippen LogP contribution is 2.21. The maximum Gasteiger partial charge on any atom is 0.253 e. The molecule has 1 amide bonds. The molecule has 2 aliphatic heterocycles. The number of nitrogens with zero attached hydrogens (tertiary/aromatic N) is 1. The first kappa shape index (κ1) is 12.7. The van der Waals surface area contributed by atoms with Gasteiger partial charge in [0.15, 0.2) is 0 Å². The lowest BCUT2D eigenvalue weighted by Crippen LogP contribution is -2.32. The van der Waals surface area contributed by atoms with Crippen molar-refractivity contribution < 1.29 is 4.79 Å². The van der Waals surface area contributed by atoms with E-state index in [0.29, 0.717) is 0 Å². The molecule has 1 aromatic carbocycles. The van der Waals surface area contributed by atoms with E-state index < -0.39 is 0 Å². The number of fused-ring (bicyclic) bond motifs is 1. The summed E-state index contributed by atoms with van der Waals surface area (Å²) in [6.07, 6.45) is 3.52. The maximum absolute atomic E-state index is 12.6. The van der Waals surface area contributed by atoms with Crippen molar-refractivity contribution in [3.8, 4) is 0 Å². The minimum atomic E-state index is 0.212. The molecule has 1 saturated heterocycles. The first-order valence-electron chi connectivity index (χ1n) is 7.36. The van der Waals surface area contributed by atoms with E-state index in [4.69, 9.17) is 0 Å². The van der Waals surface area contributed by atoms with Crippen molar-refractivity contribution in [2.24, 2.45) is 5.92 Å². The summed E-state index contributed by atoms with van der Waals surface area (Å²) in [7, 11) is 0. The van der Waals surface area contributed by atoms with Crippen LogP contribution in [0.15, 0.2) is 18.2 Å². The van der Waals surface area contributed by atoms with Crippen LogP contribution in [-0.2, 0) is 13.1 Å². The van der Waals surface area contributed by atoms with Gasteiger partial charge >= 0.3 is 0 Å². The second kappa shape index (κ2) is 5.33. The Kier molecular flexibility index (Phi) is 3.56. The minimum absolute atomic E-state index is 0.212. The van der Waals surface area contributed by atoms with Crippen molar-refractivity contribution in [3.63, 3.8) is 0 Å². The largest absolute Gasteiger partial charge is 0.339 e. The van der Waals surface area contributed by atoms with Crippen LogP contribution in [-0.4, -0.2) is 23.9 Å².